The molecule has 1 fully saturated rings. The number of benzene rings is 1. The molecule has 1 aliphatic rings. The molecule has 0 spiro atoms. The molecule has 1 aliphatic heterocycles. The van der Waals surface area contributed by atoms with Gasteiger partial charge >= 0.3 is 0 Å². The molecule has 0 radical (unpaired) electrons. The van der Waals surface area contributed by atoms with Gasteiger partial charge in [-0.15, -0.1) is 0 Å². The number of nitrogens with zero attached hydrogens (tertiary/aromatic N) is 1. The highest BCUT2D eigenvalue weighted by atomic mass is 32.2. The molecule has 0 aromatic heterocycles. The molecule has 26 heavy (non-hydrogen) atoms. The fourth-order valence-corrected chi connectivity index (χ4v) is 4.50. The van der Waals surface area contributed by atoms with E-state index in [1.807, 2.05) is 13.8 Å². The van der Waals surface area contributed by atoms with Crippen molar-refractivity contribution in [3.63, 3.8) is 0 Å². The van der Waals surface area contributed by atoms with Crippen LogP contribution in [0, 0.1) is 0 Å². The third-order valence-corrected chi connectivity index (χ3v) is 6.18. The minimum absolute atomic E-state index is 0.0125. The van der Waals surface area contributed by atoms with E-state index in [9.17, 15) is 13.2 Å². The topological polar surface area (TPSA) is 75.7 Å². The Morgan fingerprint density at radius 3 is 2.42 bits per heavy atom. The van der Waals surface area contributed by atoms with Gasteiger partial charge in [0, 0.05) is 31.8 Å². The Labute approximate surface area is 157 Å². The normalized spacial score (nSPS) is 16.0. The first-order valence-electron chi connectivity index (χ1n) is 9.35. The van der Waals surface area contributed by atoms with Crippen molar-refractivity contribution in [2.24, 2.45) is 0 Å². The lowest BCUT2D eigenvalue weighted by Gasteiger charge is -2.25. The summed E-state index contributed by atoms with van der Waals surface area (Å²) in [5.41, 5.74) is 1.24. The summed E-state index contributed by atoms with van der Waals surface area (Å²) in [6.07, 6.45) is 3.91. The fourth-order valence-electron chi connectivity index (χ4n) is 2.89. The van der Waals surface area contributed by atoms with E-state index in [1.54, 1.807) is 28.6 Å². The lowest BCUT2D eigenvalue weighted by Crippen LogP contribution is -2.36. The van der Waals surface area contributed by atoms with Crippen LogP contribution in [0.5, 0.6) is 0 Å². The summed E-state index contributed by atoms with van der Waals surface area (Å²) < 4.78 is 31.9. The molecule has 0 aliphatic carbocycles. The zero-order chi connectivity index (χ0) is 19.0. The average molecular weight is 383 g/mol. The van der Waals surface area contributed by atoms with Crippen molar-refractivity contribution in [2.75, 3.05) is 26.2 Å². The van der Waals surface area contributed by atoms with Crippen molar-refractivity contribution in [2.45, 2.75) is 51.4 Å². The Morgan fingerprint density at radius 1 is 1.15 bits per heavy atom. The van der Waals surface area contributed by atoms with E-state index in [0.717, 1.165) is 25.7 Å². The number of hydrogen-bond acceptors (Lipinski definition) is 4. The Kier molecular flexibility index (Phi) is 8.06. The van der Waals surface area contributed by atoms with Crippen LogP contribution >= 0.6 is 0 Å². The van der Waals surface area contributed by atoms with Crippen LogP contribution in [0.2, 0.25) is 0 Å². The second-order valence-corrected chi connectivity index (χ2v) is 8.91. The molecule has 0 saturated carbocycles. The maximum atomic E-state index is 12.5. The Morgan fingerprint density at radius 2 is 1.81 bits per heavy atom. The number of carbonyl (C=O) groups excluding carboxylic acids is 1. The second-order valence-electron chi connectivity index (χ2n) is 6.94. The largest absolute Gasteiger partial charge is 0.379 e. The van der Waals surface area contributed by atoms with Gasteiger partial charge in [-0.1, -0.05) is 18.6 Å². The lowest BCUT2D eigenvalue weighted by atomic mass is 10.1. The maximum absolute atomic E-state index is 12.5. The third kappa shape index (κ3) is 6.70. The summed E-state index contributed by atoms with van der Waals surface area (Å²) in [7, 11) is -3.28. The molecule has 1 amide bonds. The quantitative estimate of drug-likeness (QED) is 0.666. The molecule has 1 aromatic rings. The van der Waals surface area contributed by atoms with E-state index in [1.165, 1.54) is 0 Å². The molecule has 1 saturated heterocycles. The van der Waals surface area contributed by atoms with E-state index in [2.05, 4.69) is 5.32 Å². The number of hydrogen-bond donors (Lipinski definition) is 1. The van der Waals surface area contributed by atoms with Crippen molar-refractivity contribution in [1.29, 1.82) is 0 Å². The zero-order valence-corrected chi connectivity index (χ0v) is 16.6. The number of rotatable bonds is 9. The van der Waals surface area contributed by atoms with Gasteiger partial charge in [-0.25, -0.2) is 12.7 Å². The van der Waals surface area contributed by atoms with E-state index >= 15 is 0 Å². The predicted molar refractivity (Wildman–Crippen MR) is 103 cm³/mol. The van der Waals surface area contributed by atoms with Crippen LogP contribution in [-0.2, 0) is 20.5 Å². The van der Waals surface area contributed by atoms with Gasteiger partial charge < -0.3 is 10.1 Å². The summed E-state index contributed by atoms with van der Waals surface area (Å²) in [5, 5.41) is 2.85. The summed E-state index contributed by atoms with van der Waals surface area (Å²) in [6.45, 7) is 6.35. The molecule has 1 aromatic carbocycles. The molecule has 2 rings (SSSR count). The summed E-state index contributed by atoms with van der Waals surface area (Å²) in [6, 6.07) is 6.80. The van der Waals surface area contributed by atoms with Crippen molar-refractivity contribution >= 4 is 15.9 Å². The first kappa shape index (κ1) is 20.9. The average Bonchev–Trinajstić information content (AvgIpc) is 2.62. The van der Waals surface area contributed by atoms with E-state index in [-0.39, 0.29) is 17.8 Å². The molecule has 0 unspecified atom stereocenters. The van der Waals surface area contributed by atoms with Gasteiger partial charge in [0.2, 0.25) is 10.0 Å². The number of piperidine rings is 1. The number of ether oxygens (including phenoxy) is 1. The molecule has 0 atom stereocenters. The van der Waals surface area contributed by atoms with Gasteiger partial charge in [0.1, 0.15) is 0 Å². The molecule has 0 bridgehead atoms. The minimum atomic E-state index is -3.28. The van der Waals surface area contributed by atoms with Crippen molar-refractivity contribution in [1.82, 2.24) is 9.62 Å². The number of carbonyl (C=O) groups is 1. The highest BCUT2D eigenvalue weighted by Gasteiger charge is 2.24. The number of amides is 1. The predicted octanol–water partition coefficient (Wildman–Crippen LogP) is 2.55. The van der Waals surface area contributed by atoms with Gasteiger partial charge in [0.25, 0.3) is 5.91 Å². The summed E-state index contributed by atoms with van der Waals surface area (Å²) >= 11 is 0. The molecule has 1 heterocycles. The second kappa shape index (κ2) is 10.0. The molecule has 6 nitrogen and oxygen atoms in total. The van der Waals surface area contributed by atoms with Crippen LogP contribution in [0.25, 0.3) is 0 Å². The van der Waals surface area contributed by atoms with E-state index in [0.29, 0.717) is 37.4 Å². The van der Waals surface area contributed by atoms with E-state index < -0.39 is 10.0 Å². The van der Waals surface area contributed by atoms with Gasteiger partial charge in [-0.05, 0) is 50.8 Å². The molecule has 1 N–H and O–H groups in total. The van der Waals surface area contributed by atoms with Crippen molar-refractivity contribution in [3.05, 3.63) is 35.4 Å². The van der Waals surface area contributed by atoms with Crippen LogP contribution in [0.1, 0.15) is 55.5 Å². The SMILES string of the molecule is CC(C)OCCCNC(=O)c1ccc(CS(=O)(=O)N2CCCCC2)cc1. The Hall–Kier alpha value is -1.44. The highest BCUT2D eigenvalue weighted by Crippen LogP contribution is 2.17. The van der Waals surface area contributed by atoms with Crippen LogP contribution in [-0.4, -0.2) is 51.0 Å². The zero-order valence-electron chi connectivity index (χ0n) is 15.7. The summed E-state index contributed by atoms with van der Waals surface area (Å²) in [4.78, 5) is 12.1. The smallest absolute Gasteiger partial charge is 0.251 e. The van der Waals surface area contributed by atoms with Gasteiger partial charge in [-0.3, -0.25) is 4.79 Å². The third-order valence-electron chi connectivity index (χ3n) is 4.33. The molecular formula is C19H30N2O4S. The van der Waals surface area contributed by atoms with E-state index in [4.69, 9.17) is 4.74 Å². The van der Waals surface area contributed by atoms with Gasteiger partial charge in [0.05, 0.1) is 11.9 Å². The molecule has 7 heteroatoms. The van der Waals surface area contributed by atoms with Crippen LogP contribution in [0.4, 0.5) is 0 Å². The standard InChI is InChI=1S/C19H30N2O4S/c1-16(2)25-14-6-11-20-19(22)18-9-7-17(8-10-18)15-26(23,24)21-12-4-3-5-13-21/h7-10,16H,3-6,11-15H2,1-2H3,(H,20,22). The highest BCUT2D eigenvalue weighted by molar-refractivity contribution is 7.88. The van der Waals surface area contributed by atoms with Gasteiger partial charge in [-0.2, -0.15) is 0 Å². The molecule has 146 valence electrons. The Balaban J connectivity index is 1.82. The Bertz CT molecular complexity index is 665. The molecular weight excluding hydrogens is 352 g/mol. The van der Waals surface area contributed by atoms with Crippen LogP contribution in [0.15, 0.2) is 24.3 Å². The van der Waals surface area contributed by atoms with Crippen molar-refractivity contribution in [3.8, 4) is 0 Å². The monoisotopic (exact) mass is 382 g/mol. The van der Waals surface area contributed by atoms with Crippen molar-refractivity contribution < 1.29 is 17.9 Å². The lowest BCUT2D eigenvalue weighted by molar-refractivity contribution is 0.0757. The van der Waals surface area contributed by atoms with Crippen LogP contribution in [0.3, 0.4) is 0 Å². The van der Waals surface area contributed by atoms with Gasteiger partial charge in [0.15, 0.2) is 0 Å². The maximum Gasteiger partial charge on any atom is 0.251 e. The number of sulfonamides is 1. The first-order valence-corrected chi connectivity index (χ1v) is 11.0. The fraction of sp³-hybridized carbons (Fsp3) is 0.632. The first-order chi connectivity index (χ1) is 12.4. The minimum Gasteiger partial charge on any atom is -0.379 e. The summed E-state index contributed by atoms with van der Waals surface area (Å²) in [5.74, 6) is -0.165. The van der Waals surface area contributed by atoms with Crippen LogP contribution < -0.4 is 5.32 Å². The number of nitrogens with one attached hydrogen (secondary N) is 1.